The zero-order valence-electron chi connectivity index (χ0n) is 13.9. The van der Waals surface area contributed by atoms with Gasteiger partial charge in [0.15, 0.2) is 0 Å². The average molecular weight is 335 g/mol. The number of nitro benzene ring substituents is 1. The van der Waals surface area contributed by atoms with Crippen LogP contribution in [0, 0.1) is 24.0 Å². The van der Waals surface area contributed by atoms with Crippen molar-refractivity contribution in [3.8, 4) is 23.0 Å². The molecule has 0 radical (unpaired) electrons. The van der Waals surface area contributed by atoms with Gasteiger partial charge in [-0.3, -0.25) is 10.1 Å². The Morgan fingerprint density at radius 2 is 1.32 bits per heavy atom. The summed E-state index contributed by atoms with van der Waals surface area (Å²) in [5, 5.41) is 11.3. The van der Waals surface area contributed by atoms with Gasteiger partial charge in [-0.1, -0.05) is 36.4 Å². The second-order valence-corrected chi connectivity index (χ2v) is 5.62. The van der Waals surface area contributed by atoms with Crippen molar-refractivity contribution in [2.75, 3.05) is 0 Å². The first-order chi connectivity index (χ1) is 12.0. The van der Waals surface area contributed by atoms with Crippen LogP contribution in [0.2, 0.25) is 0 Å². The number of ether oxygens (including phenoxy) is 2. The molecule has 25 heavy (non-hydrogen) atoms. The molecule has 3 rings (SSSR count). The van der Waals surface area contributed by atoms with E-state index in [-0.39, 0.29) is 11.4 Å². The maximum atomic E-state index is 11.3. The largest absolute Gasteiger partial charge is 0.457 e. The summed E-state index contributed by atoms with van der Waals surface area (Å²) in [6.45, 7) is 3.82. The number of nitro groups is 1. The predicted octanol–water partition coefficient (Wildman–Crippen LogP) is 5.80. The lowest BCUT2D eigenvalue weighted by atomic mass is 10.2. The van der Waals surface area contributed by atoms with E-state index in [9.17, 15) is 10.1 Å². The number of hydrogen-bond acceptors (Lipinski definition) is 4. The van der Waals surface area contributed by atoms with Gasteiger partial charge >= 0.3 is 5.69 Å². The second-order valence-electron chi connectivity index (χ2n) is 5.62. The van der Waals surface area contributed by atoms with E-state index in [0.29, 0.717) is 17.2 Å². The van der Waals surface area contributed by atoms with Crippen molar-refractivity contribution in [3.63, 3.8) is 0 Å². The van der Waals surface area contributed by atoms with Gasteiger partial charge in [-0.25, -0.2) is 0 Å². The molecule has 5 heteroatoms. The summed E-state index contributed by atoms with van der Waals surface area (Å²) >= 11 is 0. The van der Waals surface area contributed by atoms with E-state index in [1.165, 1.54) is 12.1 Å². The van der Waals surface area contributed by atoms with Gasteiger partial charge in [0.2, 0.25) is 5.75 Å². The van der Waals surface area contributed by atoms with Crippen LogP contribution in [0.1, 0.15) is 11.1 Å². The zero-order chi connectivity index (χ0) is 17.8. The third-order valence-electron chi connectivity index (χ3n) is 3.76. The Hall–Kier alpha value is -3.34. The fraction of sp³-hybridized carbons (Fsp3) is 0.100. The van der Waals surface area contributed by atoms with E-state index >= 15 is 0 Å². The third-order valence-corrected chi connectivity index (χ3v) is 3.76. The molecule has 0 atom stereocenters. The first-order valence-electron chi connectivity index (χ1n) is 7.80. The summed E-state index contributed by atoms with van der Waals surface area (Å²) in [5.74, 6) is 1.88. The molecule has 3 aromatic carbocycles. The summed E-state index contributed by atoms with van der Waals surface area (Å²) < 4.78 is 11.6. The Kier molecular flexibility index (Phi) is 4.66. The van der Waals surface area contributed by atoms with Crippen molar-refractivity contribution in [1.82, 2.24) is 0 Å². The van der Waals surface area contributed by atoms with E-state index in [2.05, 4.69) is 0 Å². The molecular weight excluding hydrogens is 318 g/mol. The van der Waals surface area contributed by atoms with Crippen LogP contribution in [0.3, 0.4) is 0 Å². The lowest BCUT2D eigenvalue weighted by Crippen LogP contribution is -1.96. The molecule has 0 amide bonds. The Bertz CT molecular complexity index is 921. The molecule has 5 nitrogen and oxygen atoms in total. The van der Waals surface area contributed by atoms with Crippen LogP contribution in [0.4, 0.5) is 5.69 Å². The molecule has 0 aliphatic heterocycles. The van der Waals surface area contributed by atoms with Crippen LogP contribution in [-0.4, -0.2) is 4.92 Å². The first-order valence-corrected chi connectivity index (χ1v) is 7.80. The second kappa shape index (κ2) is 7.05. The van der Waals surface area contributed by atoms with Crippen molar-refractivity contribution in [2.24, 2.45) is 0 Å². The third kappa shape index (κ3) is 3.77. The highest BCUT2D eigenvalue weighted by molar-refractivity contribution is 5.54. The Morgan fingerprint density at radius 1 is 0.760 bits per heavy atom. The molecule has 0 N–H and O–H groups in total. The highest BCUT2D eigenvalue weighted by Crippen LogP contribution is 2.37. The standard InChI is InChI=1S/C20H17NO4/c1-14-7-3-5-9-18(14)24-16-11-12-17(21(22)23)20(13-16)25-19-10-6-4-8-15(19)2/h3-13H,1-2H3. The van der Waals surface area contributed by atoms with E-state index in [4.69, 9.17) is 9.47 Å². The lowest BCUT2D eigenvalue weighted by Gasteiger charge is -2.12. The van der Waals surface area contributed by atoms with Crippen LogP contribution in [0.25, 0.3) is 0 Å². The Balaban J connectivity index is 1.96. The SMILES string of the molecule is Cc1ccccc1Oc1ccc([N+](=O)[O-])c(Oc2ccccc2C)c1. The zero-order valence-corrected chi connectivity index (χ0v) is 13.9. The minimum atomic E-state index is -0.467. The van der Waals surface area contributed by atoms with E-state index in [1.807, 2.05) is 56.3 Å². The molecule has 126 valence electrons. The van der Waals surface area contributed by atoms with Crippen molar-refractivity contribution >= 4 is 5.69 Å². The van der Waals surface area contributed by atoms with E-state index in [1.54, 1.807) is 12.1 Å². The summed E-state index contributed by atoms with van der Waals surface area (Å²) in [5.41, 5.74) is 1.75. The maximum Gasteiger partial charge on any atom is 0.311 e. The number of benzene rings is 3. The van der Waals surface area contributed by atoms with Gasteiger partial charge in [-0.05, 0) is 43.2 Å². The summed E-state index contributed by atoms with van der Waals surface area (Å²) in [4.78, 5) is 10.8. The molecular formula is C20H17NO4. The summed E-state index contributed by atoms with van der Waals surface area (Å²) in [6, 6.07) is 19.4. The van der Waals surface area contributed by atoms with Crippen molar-refractivity contribution in [3.05, 3.63) is 88.0 Å². The molecule has 3 aromatic rings. The molecule has 0 aromatic heterocycles. The molecule has 0 heterocycles. The highest BCUT2D eigenvalue weighted by Gasteiger charge is 2.18. The van der Waals surface area contributed by atoms with Crippen LogP contribution < -0.4 is 9.47 Å². The quantitative estimate of drug-likeness (QED) is 0.437. The van der Waals surface area contributed by atoms with Crippen molar-refractivity contribution in [2.45, 2.75) is 13.8 Å². The minimum absolute atomic E-state index is 0.111. The molecule has 0 aliphatic rings. The minimum Gasteiger partial charge on any atom is -0.457 e. The summed E-state index contributed by atoms with van der Waals surface area (Å²) in [6.07, 6.45) is 0. The molecule has 0 unspecified atom stereocenters. The van der Waals surface area contributed by atoms with E-state index in [0.717, 1.165) is 11.1 Å². The maximum absolute atomic E-state index is 11.3. The predicted molar refractivity (Wildman–Crippen MR) is 95.6 cm³/mol. The summed E-state index contributed by atoms with van der Waals surface area (Å²) in [7, 11) is 0. The van der Waals surface area contributed by atoms with Crippen molar-refractivity contribution < 1.29 is 14.4 Å². The van der Waals surface area contributed by atoms with Crippen LogP contribution in [-0.2, 0) is 0 Å². The molecule has 0 aliphatic carbocycles. The number of nitrogens with zero attached hydrogens (tertiary/aromatic N) is 1. The molecule has 0 fully saturated rings. The first kappa shape index (κ1) is 16.5. The Morgan fingerprint density at radius 3 is 1.88 bits per heavy atom. The van der Waals surface area contributed by atoms with Crippen LogP contribution in [0.15, 0.2) is 66.7 Å². The number of hydrogen-bond donors (Lipinski definition) is 0. The van der Waals surface area contributed by atoms with Crippen LogP contribution in [0.5, 0.6) is 23.0 Å². The van der Waals surface area contributed by atoms with E-state index < -0.39 is 4.92 Å². The number of aryl methyl sites for hydroxylation is 2. The van der Waals surface area contributed by atoms with Gasteiger partial charge in [0.05, 0.1) is 4.92 Å². The number of para-hydroxylation sites is 2. The fourth-order valence-electron chi connectivity index (χ4n) is 2.38. The lowest BCUT2D eigenvalue weighted by molar-refractivity contribution is -0.385. The molecule has 0 saturated heterocycles. The van der Waals surface area contributed by atoms with Gasteiger partial charge in [-0.2, -0.15) is 0 Å². The number of rotatable bonds is 5. The van der Waals surface area contributed by atoms with Gasteiger partial charge < -0.3 is 9.47 Å². The average Bonchev–Trinajstić information content (AvgIpc) is 2.59. The van der Waals surface area contributed by atoms with Gasteiger partial charge in [0.25, 0.3) is 0 Å². The molecule has 0 saturated carbocycles. The Labute approximate surface area is 145 Å². The highest BCUT2D eigenvalue weighted by atomic mass is 16.6. The van der Waals surface area contributed by atoms with Crippen LogP contribution >= 0.6 is 0 Å². The fourth-order valence-corrected chi connectivity index (χ4v) is 2.38. The normalized spacial score (nSPS) is 10.3. The smallest absolute Gasteiger partial charge is 0.311 e. The molecule has 0 spiro atoms. The van der Waals surface area contributed by atoms with Gasteiger partial charge in [0.1, 0.15) is 17.2 Å². The molecule has 0 bridgehead atoms. The van der Waals surface area contributed by atoms with Gasteiger partial charge in [-0.15, -0.1) is 0 Å². The topological polar surface area (TPSA) is 61.6 Å². The van der Waals surface area contributed by atoms with Crippen molar-refractivity contribution in [1.29, 1.82) is 0 Å². The monoisotopic (exact) mass is 335 g/mol. The van der Waals surface area contributed by atoms with Gasteiger partial charge in [0, 0.05) is 12.1 Å².